The molecule has 122 valence electrons. The minimum atomic E-state index is -0.654. The quantitative estimate of drug-likeness (QED) is 0.874. The fraction of sp³-hybridized carbons (Fsp3) is 0.562. The van der Waals surface area contributed by atoms with Crippen LogP contribution in [0.3, 0.4) is 0 Å². The van der Waals surface area contributed by atoms with E-state index in [9.17, 15) is 9.59 Å². The lowest BCUT2D eigenvalue weighted by atomic mass is 10.0. The van der Waals surface area contributed by atoms with Crippen molar-refractivity contribution < 1.29 is 14.3 Å². The van der Waals surface area contributed by atoms with Crippen LogP contribution in [-0.4, -0.2) is 28.6 Å². The molecule has 0 unspecified atom stereocenters. The molecule has 2 amide bonds. The van der Waals surface area contributed by atoms with Gasteiger partial charge < -0.3 is 15.4 Å². The number of hydrogen-bond acceptors (Lipinski definition) is 4. The predicted molar refractivity (Wildman–Crippen MR) is 84.1 cm³/mol. The third-order valence-electron chi connectivity index (χ3n) is 2.79. The first kappa shape index (κ1) is 17.9. The summed E-state index contributed by atoms with van der Waals surface area (Å²) in [5.74, 6) is -0.317. The minimum absolute atomic E-state index is 0.0590. The Morgan fingerprint density at radius 2 is 1.95 bits per heavy atom. The molecule has 0 aliphatic carbocycles. The van der Waals surface area contributed by atoms with E-state index in [4.69, 9.17) is 4.74 Å². The molecule has 0 spiro atoms. The molecule has 6 heteroatoms. The van der Waals surface area contributed by atoms with Crippen molar-refractivity contribution >= 4 is 12.0 Å². The lowest BCUT2D eigenvalue weighted by Gasteiger charge is -2.25. The number of carbonyl (C=O) groups excluding carboxylic acids is 2. The SMILES string of the molecule is CC(C)[C@H](NC(=O)OC(C)(C)C)C(=O)NCc1ccccn1. The summed E-state index contributed by atoms with van der Waals surface area (Å²) in [7, 11) is 0. The summed E-state index contributed by atoms with van der Waals surface area (Å²) in [5.41, 5.74) is 0.159. The summed E-state index contributed by atoms with van der Waals surface area (Å²) in [4.78, 5) is 28.2. The Balaban J connectivity index is 2.58. The summed E-state index contributed by atoms with van der Waals surface area (Å²) in [6, 6.07) is 4.84. The highest BCUT2D eigenvalue weighted by Crippen LogP contribution is 2.09. The number of carbonyl (C=O) groups is 2. The molecule has 0 fully saturated rings. The Morgan fingerprint density at radius 1 is 1.27 bits per heavy atom. The highest BCUT2D eigenvalue weighted by Gasteiger charge is 2.26. The van der Waals surface area contributed by atoms with Crippen LogP contribution in [0.15, 0.2) is 24.4 Å². The zero-order chi connectivity index (χ0) is 16.8. The van der Waals surface area contributed by atoms with E-state index < -0.39 is 17.7 Å². The van der Waals surface area contributed by atoms with E-state index in [1.165, 1.54) is 0 Å². The Morgan fingerprint density at radius 3 is 2.45 bits per heavy atom. The minimum Gasteiger partial charge on any atom is -0.444 e. The molecule has 6 nitrogen and oxygen atoms in total. The monoisotopic (exact) mass is 307 g/mol. The zero-order valence-electron chi connectivity index (χ0n) is 13.8. The van der Waals surface area contributed by atoms with Gasteiger partial charge >= 0.3 is 6.09 Å². The van der Waals surface area contributed by atoms with Crippen LogP contribution in [0.1, 0.15) is 40.3 Å². The summed E-state index contributed by atoms with van der Waals surface area (Å²) >= 11 is 0. The Bertz CT molecular complexity index is 495. The van der Waals surface area contributed by atoms with Crippen LogP contribution < -0.4 is 10.6 Å². The number of nitrogens with zero attached hydrogens (tertiary/aromatic N) is 1. The largest absolute Gasteiger partial charge is 0.444 e. The number of rotatable bonds is 5. The van der Waals surface area contributed by atoms with E-state index in [0.717, 1.165) is 5.69 Å². The van der Waals surface area contributed by atoms with Crippen LogP contribution in [0.4, 0.5) is 4.79 Å². The second-order valence-electron chi connectivity index (χ2n) is 6.41. The van der Waals surface area contributed by atoms with Gasteiger partial charge in [-0.1, -0.05) is 19.9 Å². The van der Waals surface area contributed by atoms with Crippen LogP contribution in [0, 0.1) is 5.92 Å². The molecule has 0 saturated carbocycles. The standard InChI is InChI=1S/C16H25N3O3/c1-11(2)13(19-15(21)22-16(3,4)5)14(20)18-10-12-8-6-7-9-17-12/h6-9,11,13H,10H2,1-5H3,(H,18,20)(H,19,21)/t13-/m0/s1. The smallest absolute Gasteiger partial charge is 0.408 e. The first-order valence-electron chi connectivity index (χ1n) is 7.36. The number of hydrogen-bond donors (Lipinski definition) is 2. The van der Waals surface area contributed by atoms with Crippen molar-refractivity contribution in [3.63, 3.8) is 0 Å². The highest BCUT2D eigenvalue weighted by molar-refractivity contribution is 5.85. The van der Waals surface area contributed by atoms with E-state index in [0.29, 0.717) is 6.54 Å². The van der Waals surface area contributed by atoms with E-state index in [-0.39, 0.29) is 11.8 Å². The average molecular weight is 307 g/mol. The summed E-state index contributed by atoms with van der Waals surface area (Å²) in [6.07, 6.45) is 1.07. The average Bonchev–Trinajstić information content (AvgIpc) is 2.41. The van der Waals surface area contributed by atoms with Crippen molar-refractivity contribution in [1.29, 1.82) is 0 Å². The Labute approximate surface area is 131 Å². The first-order valence-corrected chi connectivity index (χ1v) is 7.36. The van der Waals surface area contributed by atoms with Crippen LogP contribution >= 0.6 is 0 Å². The molecule has 0 aliphatic rings. The van der Waals surface area contributed by atoms with Crippen LogP contribution in [0.5, 0.6) is 0 Å². The van der Waals surface area contributed by atoms with Gasteiger partial charge in [-0.15, -0.1) is 0 Å². The van der Waals surface area contributed by atoms with Crippen molar-refractivity contribution in [1.82, 2.24) is 15.6 Å². The number of alkyl carbamates (subject to hydrolysis) is 1. The molecule has 1 rings (SSSR count). The molecular formula is C16H25N3O3. The van der Waals surface area contributed by atoms with Gasteiger partial charge in [0.25, 0.3) is 0 Å². The molecule has 1 heterocycles. The fourth-order valence-electron chi connectivity index (χ4n) is 1.76. The lowest BCUT2D eigenvalue weighted by molar-refractivity contribution is -0.124. The van der Waals surface area contributed by atoms with Crippen molar-refractivity contribution in [2.24, 2.45) is 5.92 Å². The van der Waals surface area contributed by atoms with E-state index >= 15 is 0 Å². The highest BCUT2D eigenvalue weighted by atomic mass is 16.6. The molecule has 0 aliphatic heterocycles. The molecule has 0 saturated heterocycles. The van der Waals surface area contributed by atoms with E-state index in [1.54, 1.807) is 27.0 Å². The molecule has 1 atom stereocenters. The molecular weight excluding hydrogens is 282 g/mol. The van der Waals surface area contributed by atoms with Crippen LogP contribution in [0.2, 0.25) is 0 Å². The summed E-state index contributed by atoms with van der Waals surface area (Å²) in [5, 5.41) is 5.39. The Kier molecular flexibility index (Phi) is 6.34. The third kappa shape index (κ3) is 6.56. The Hall–Kier alpha value is -2.11. The molecule has 2 N–H and O–H groups in total. The zero-order valence-corrected chi connectivity index (χ0v) is 13.8. The van der Waals surface area contributed by atoms with Gasteiger partial charge in [-0.05, 0) is 38.8 Å². The number of aromatic nitrogens is 1. The molecule has 0 radical (unpaired) electrons. The van der Waals surface area contributed by atoms with Crippen LogP contribution in [0.25, 0.3) is 0 Å². The number of amides is 2. The predicted octanol–water partition coefficient (Wildman–Crippen LogP) is 2.25. The van der Waals surface area contributed by atoms with E-state index in [1.807, 2.05) is 32.0 Å². The molecule has 0 bridgehead atoms. The molecule has 22 heavy (non-hydrogen) atoms. The maximum atomic E-state index is 12.2. The van der Waals surface area contributed by atoms with Gasteiger partial charge in [0.2, 0.25) is 5.91 Å². The molecule has 1 aromatic heterocycles. The molecule has 0 aromatic carbocycles. The lowest BCUT2D eigenvalue weighted by Crippen LogP contribution is -2.50. The topological polar surface area (TPSA) is 80.3 Å². The van der Waals surface area contributed by atoms with Crippen molar-refractivity contribution in [3.05, 3.63) is 30.1 Å². The maximum absolute atomic E-state index is 12.2. The maximum Gasteiger partial charge on any atom is 0.408 e. The summed E-state index contributed by atoms with van der Waals surface area (Å²) < 4.78 is 5.19. The third-order valence-corrected chi connectivity index (χ3v) is 2.79. The van der Waals surface area contributed by atoms with Gasteiger partial charge in [-0.2, -0.15) is 0 Å². The molecule has 1 aromatic rings. The first-order chi connectivity index (χ1) is 10.2. The normalized spacial score (nSPS) is 12.6. The van der Waals surface area contributed by atoms with Gasteiger partial charge in [0.05, 0.1) is 12.2 Å². The van der Waals surface area contributed by atoms with Gasteiger partial charge in [0, 0.05) is 6.20 Å². The second-order valence-corrected chi connectivity index (χ2v) is 6.41. The van der Waals surface area contributed by atoms with Gasteiger partial charge in [0.15, 0.2) is 0 Å². The van der Waals surface area contributed by atoms with Crippen LogP contribution in [-0.2, 0) is 16.1 Å². The number of pyridine rings is 1. The van der Waals surface area contributed by atoms with Gasteiger partial charge in [-0.3, -0.25) is 9.78 Å². The summed E-state index contributed by atoms with van der Waals surface area (Å²) in [6.45, 7) is 9.37. The second kappa shape index (κ2) is 7.77. The van der Waals surface area contributed by atoms with Crippen molar-refractivity contribution in [3.8, 4) is 0 Å². The van der Waals surface area contributed by atoms with E-state index in [2.05, 4.69) is 15.6 Å². The number of nitrogens with one attached hydrogen (secondary N) is 2. The van der Waals surface area contributed by atoms with Crippen molar-refractivity contribution in [2.45, 2.75) is 52.8 Å². The van der Waals surface area contributed by atoms with Crippen molar-refractivity contribution in [2.75, 3.05) is 0 Å². The van der Waals surface area contributed by atoms with Gasteiger partial charge in [0.1, 0.15) is 11.6 Å². The van der Waals surface area contributed by atoms with Gasteiger partial charge in [-0.25, -0.2) is 4.79 Å². The fourth-order valence-corrected chi connectivity index (χ4v) is 1.76. The number of ether oxygens (including phenoxy) is 1.